The van der Waals surface area contributed by atoms with Gasteiger partial charge < -0.3 is 0 Å². The van der Waals surface area contributed by atoms with Crippen molar-refractivity contribution in [1.29, 1.82) is 0 Å². The Morgan fingerprint density at radius 3 is 3.18 bits per heavy atom. The van der Waals surface area contributed by atoms with Gasteiger partial charge in [0.1, 0.15) is 6.04 Å². The first kappa shape index (κ1) is 6.45. The van der Waals surface area contributed by atoms with E-state index in [1.165, 1.54) is 6.42 Å². The van der Waals surface area contributed by atoms with Crippen LogP contribution in [0.2, 0.25) is 0 Å². The van der Waals surface area contributed by atoms with Gasteiger partial charge in [-0.15, -0.1) is 10.2 Å². The summed E-state index contributed by atoms with van der Waals surface area (Å²) in [6.07, 6.45) is 5.22. The third-order valence-electron chi connectivity index (χ3n) is 1.76. The quantitative estimate of drug-likeness (QED) is 0.635. The van der Waals surface area contributed by atoms with Crippen LogP contribution in [-0.2, 0) is 0 Å². The maximum absolute atomic E-state index is 4.26. The summed E-state index contributed by atoms with van der Waals surface area (Å²) in [7, 11) is 0. The predicted octanol–water partition coefficient (Wildman–Crippen LogP) is 0.495. The summed E-state index contributed by atoms with van der Waals surface area (Å²) in [6.45, 7) is 0. The Balaban J connectivity index is 2.16. The zero-order chi connectivity index (χ0) is 7.52. The van der Waals surface area contributed by atoms with Crippen molar-refractivity contribution in [2.75, 3.05) is 0 Å². The summed E-state index contributed by atoms with van der Waals surface area (Å²) in [6, 6.07) is 0.141. The van der Waals surface area contributed by atoms with Crippen LogP contribution < -0.4 is 0 Å². The number of rotatable bonds is 1. The van der Waals surface area contributed by atoms with Crippen LogP contribution >= 0.6 is 0 Å². The molecule has 2 heterocycles. The predicted molar refractivity (Wildman–Crippen MR) is 39.3 cm³/mol. The van der Waals surface area contributed by atoms with Crippen LogP contribution in [0.25, 0.3) is 0 Å². The highest BCUT2D eigenvalue weighted by Crippen LogP contribution is 2.21. The molecule has 0 radical (unpaired) electrons. The number of aliphatic imine (C=N–C) groups is 1. The van der Waals surface area contributed by atoms with Crippen molar-refractivity contribution in [3.05, 3.63) is 5.82 Å². The van der Waals surface area contributed by atoms with Crippen molar-refractivity contribution in [3.8, 4) is 0 Å². The lowest BCUT2D eigenvalue weighted by molar-refractivity contribution is 0.574. The largest absolute Gasteiger partial charge is 0.286 e. The van der Waals surface area contributed by atoms with Crippen LogP contribution in [0.1, 0.15) is 31.1 Å². The van der Waals surface area contributed by atoms with Crippen molar-refractivity contribution in [2.24, 2.45) is 4.99 Å². The van der Waals surface area contributed by atoms with E-state index in [4.69, 9.17) is 0 Å². The van der Waals surface area contributed by atoms with Gasteiger partial charge in [0, 0.05) is 0 Å². The second-order valence-electron chi connectivity index (χ2n) is 2.55. The van der Waals surface area contributed by atoms with Gasteiger partial charge in [-0.3, -0.25) is 4.99 Å². The molecule has 0 aliphatic carbocycles. The van der Waals surface area contributed by atoms with Crippen molar-refractivity contribution in [1.82, 2.24) is 20.6 Å². The van der Waals surface area contributed by atoms with Crippen molar-refractivity contribution in [3.63, 3.8) is 0 Å². The molecule has 58 valence electrons. The van der Waals surface area contributed by atoms with Gasteiger partial charge in [-0.05, 0) is 25.5 Å². The minimum absolute atomic E-state index is 0.141. The summed E-state index contributed by atoms with van der Waals surface area (Å²) in [5, 5.41) is 13.7. The number of nitrogens with zero attached hydrogens (tertiary/aromatic N) is 4. The molecule has 1 atom stereocenters. The Morgan fingerprint density at radius 2 is 2.55 bits per heavy atom. The van der Waals surface area contributed by atoms with Gasteiger partial charge in [-0.25, -0.2) is 0 Å². The fourth-order valence-corrected chi connectivity index (χ4v) is 1.19. The van der Waals surface area contributed by atoms with E-state index in [9.17, 15) is 0 Å². The molecule has 5 nitrogen and oxygen atoms in total. The summed E-state index contributed by atoms with van der Waals surface area (Å²) in [5.74, 6) is 0.709. The minimum atomic E-state index is 0.141. The van der Waals surface area contributed by atoms with Crippen LogP contribution in [0, 0.1) is 0 Å². The lowest BCUT2D eigenvalue weighted by Crippen LogP contribution is -2.03. The number of aromatic nitrogens is 4. The van der Waals surface area contributed by atoms with Gasteiger partial charge in [0.2, 0.25) is 0 Å². The standard InChI is InChI=1S/C6H9N5/c1-2-4-7-5(3-1)6-8-10-11-9-6/h4-5H,1-3H2,(H,8,9,10,11). The summed E-state index contributed by atoms with van der Waals surface area (Å²) >= 11 is 0. The molecule has 1 aliphatic heterocycles. The van der Waals surface area contributed by atoms with Crippen LogP contribution in [-0.4, -0.2) is 26.8 Å². The summed E-state index contributed by atoms with van der Waals surface area (Å²) in [5.41, 5.74) is 0. The molecule has 1 aliphatic rings. The van der Waals surface area contributed by atoms with Gasteiger partial charge in [0.05, 0.1) is 0 Å². The first-order valence-corrected chi connectivity index (χ1v) is 3.72. The molecule has 0 bridgehead atoms. The van der Waals surface area contributed by atoms with Crippen LogP contribution in [0.4, 0.5) is 0 Å². The topological polar surface area (TPSA) is 66.8 Å². The lowest BCUT2D eigenvalue weighted by atomic mass is 10.1. The fraction of sp³-hybridized carbons (Fsp3) is 0.667. The van der Waals surface area contributed by atoms with E-state index in [1.807, 2.05) is 6.21 Å². The Hall–Kier alpha value is -1.26. The molecule has 1 unspecified atom stereocenters. The van der Waals surface area contributed by atoms with E-state index in [2.05, 4.69) is 25.6 Å². The zero-order valence-corrected chi connectivity index (χ0v) is 6.06. The molecule has 2 rings (SSSR count). The Bertz CT molecular complexity index is 239. The number of nitrogens with one attached hydrogen (secondary N) is 1. The van der Waals surface area contributed by atoms with Gasteiger partial charge in [-0.1, -0.05) is 5.21 Å². The number of tetrazole rings is 1. The maximum atomic E-state index is 4.26. The summed E-state index contributed by atoms with van der Waals surface area (Å²) < 4.78 is 0. The molecule has 1 aromatic rings. The molecule has 0 saturated heterocycles. The molecular formula is C6H9N5. The molecular weight excluding hydrogens is 142 g/mol. The smallest absolute Gasteiger partial charge is 0.198 e. The van der Waals surface area contributed by atoms with Crippen molar-refractivity contribution >= 4 is 6.21 Å². The molecule has 0 amide bonds. The van der Waals surface area contributed by atoms with E-state index < -0.39 is 0 Å². The highest BCUT2D eigenvalue weighted by molar-refractivity contribution is 5.58. The Kier molecular flexibility index (Phi) is 1.63. The van der Waals surface area contributed by atoms with Gasteiger partial charge in [0.15, 0.2) is 5.82 Å². The summed E-state index contributed by atoms with van der Waals surface area (Å²) in [4.78, 5) is 4.26. The highest BCUT2D eigenvalue weighted by Gasteiger charge is 2.15. The first-order valence-electron chi connectivity index (χ1n) is 3.72. The number of H-pyrrole nitrogens is 1. The molecule has 11 heavy (non-hydrogen) atoms. The van der Waals surface area contributed by atoms with E-state index >= 15 is 0 Å². The first-order chi connectivity index (χ1) is 5.47. The zero-order valence-electron chi connectivity index (χ0n) is 6.06. The van der Waals surface area contributed by atoms with Crippen LogP contribution in [0.15, 0.2) is 4.99 Å². The normalized spacial score (nSPS) is 23.8. The monoisotopic (exact) mass is 151 g/mol. The molecule has 0 fully saturated rings. The molecule has 0 aromatic carbocycles. The van der Waals surface area contributed by atoms with Crippen molar-refractivity contribution in [2.45, 2.75) is 25.3 Å². The average Bonchev–Trinajstić information content (AvgIpc) is 2.58. The molecule has 0 spiro atoms. The minimum Gasteiger partial charge on any atom is -0.286 e. The molecule has 5 heteroatoms. The third kappa shape index (κ3) is 1.26. The molecule has 1 N–H and O–H groups in total. The second-order valence-corrected chi connectivity index (χ2v) is 2.55. The van der Waals surface area contributed by atoms with Crippen LogP contribution in [0.5, 0.6) is 0 Å². The number of hydrogen-bond acceptors (Lipinski definition) is 4. The Morgan fingerprint density at radius 1 is 1.55 bits per heavy atom. The average molecular weight is 151 g/mol. The molecule has 0 saturated carbocycles. The van der Waals surface area contributed by atoms with E-state index in [1.54, 1.807) is 0 Å². The van der Waals surface area contributed by atoms with E-state index in [0.717, 1.165) is 12.8 Å². The van der Waals surface area contributed by atoms with Gasteiger partial charge in [0.25, 0.3) is 0 Å². The number of hydrogen-bond donors (Lipinski definition) is 1. The fourth-order valence-electron chi connectivity index (χ4n) is 1.19. The maximum Gasteiger partial charge on any atom is 0.198 e. The molecule has 1 aromatic heterocycles. The second kappa shape index (κ2) is 2.77. The van der Waals surface area contributed by atoms with Crippen molar-refractivity contribution < 1.29 is 0 Å². The number of aromatic amines is 1. The van der Waals surface area contributed by atoms with E-state index in [0.29, 0.717) is 5.82 Å². The Labute approximate surface area is 63.9 Å². The van der Waals surface area contributed by atoms with E-state index in [-0.39, 0.29) is 6.04 Å². The van der Waals surface area contributed by atoms with Gasteiger partial charge in [-0.2, -0.15) is 5.21 Å². The highest BCUT2D eigenvalue weighted by atomic mass is 15.5. The SMILES string of the molecule is C1=NC(c2nn[nH]n2)CCC1. The van der Waals surface area contributed by atoms with Gasteiger partial charge >= 0.3 is 0 Å². The lowest BCUT2D eigenvalue weighted by Gasteiger charge is -2.10. The third-order valence-corrected chi connectivity index (χ3v) is 1.76. The van der Waals surface area contributed by atoms with Crippen LogP contribution in [0.3, 0.4) is 0 Å².